The van der Waals surface area contributed by atoms with Gasteiger partial charge in [-0.15, -0.1) is 0 Å². The Balaban J connectivity index is 1.37. The number of carbonyl (C=O) groups excluding carboxylic acids is 3. The number of esters is 2. The van der Waals surface area contributed by atoms with Crippen molar-refractivity contribution in [2.24, 2.45) is 29.1 Å². The van der Waals surface area contributed by atoms with Gasteiger partial charge < -0.3 is 23.8 Å². The number of allylic oxidation sites excluding steroid dienone is 1. The van der Waals surface area contributed by atoms with Gasteiger partial charge in [0.1, 0.15) is 29.7 Å². The van der Waals surface area contributed by atoms with Crippen molar-refractivity contribution in [3.05, 3.63) is 30.0 Å². The normalized spacial score (nSPS) is 31.5. The predicted molar refractivity (Wildman–Crippen MR) is 163 cm³/mol. The Morgan fingerprint density at radius 3 is 2.59 bits per heavy atom. The van der Waals surface area contributed by atoms with E-state index in [2.05, 4.69) is 6.08 Å². The van der Waals surface area contributed by atoms with Crippen LogP contribution in [0.5, 0.6) is 11.6 Å². The molecule has 7 atom stereocenters. The quantitative estimate of drug-likeness (QED) is 0.437. The summed E-state index contributed by atoms with van der Waals surface area (Å²) in [7, 11) is 2.91. The van der Waals surface area contributed by atoms with Crippen LogP contribution in [0, 0.1) is 29.1 Å². The van der Waals surface area contributed by atoms with Gasteiger partial charge in [0.25, 0.3) is 0 Å². The number of nitrogens with zero attached hydrogens (tertiary/aromatic N) is 3. The van der Waals surface area contributed by atoms with E-state index in [4.69, 9.17) is 28.9 Å². The second-order valence-electron chi connectivity index (χ2n) is 13.8. The van der Waals surface area contributed by atoms with E-state index in [0.29, 0.717) is 46.1 Å². The molecule has 1 saturated heterocycles. The number of benzene rings is 1. The molecule has 10 heteroatoms. The zero-order chi connectivity index (χ0) is 31.2. The molecule has 1 aromatic carbocycles. The molecule has 2 aromatic rings. The highest BCUT2D eigenvalue weighted by atomic mass is 16.5. The summed E-state index contributed by atoms with van der Waals surface area (Å²) in [5, 5.41) is 0. The maximum atomic E-state index is 14.2. The third kappa shape index (κ3) is 6.13. The van der Waals surface area contributed by atoms with Crippen molar-refractivity contribution in [2.75, 3.05) is 20.8 Å². The average molecular weight is 606 g/mol. The molecule has 2 bridgehead atoms. The van der Waals surface area contributed by atoms with E-state index >= 15 is 0 Å². The van der Waals surface area contributed by atoms with Crippen molar-refractivity contribution in [2.45, 2.75) is 84.0 Å². The van der Waals surface area contributed by atoms with Crippen molar-refractivity contribution in [1.82, 2.24) is 14.9 Å². The summed E-state index contributed by atoms with van der Waals surface area (Å²) in [4.78, 5) is 51.7. The number of hydrogen-bond donors (Lipinski definition) is 0. The highest BCUT2D eigenvalue weighted by Gasteiger charge is 2.54. The Labute approximate surface area is 258 Å². The van der Waals surface area contributed by atoms with Crippen LogP contribution in [0.1, 0.15) is 71.4 Å². The van der Waals surface area contributed by atoms with Gasteiger partial charge in [-0.25, -0.2) is 14.8 Å². The first-order chi connectivity index (χ1) is 21.0. The SMILES string of the molecule is COC(=O)[C@@H]1C[C@@H]2CN1C(=O)[C@H](C(C)(C)C)CC(=O)O[C@@H]1C[C@@H]3C[C@@H]3[C@H]1CCC/C=C/c1nc3ccc(OC)cc3nc1O2. The fourth-order valence-corrected chi connectivity index (χ4v) is 7.36. The summed E-state index contributed by atoms with van der Waals surface area (Å²) in [6, 6.07) is 4.67. The summed E-state index contributed by atoms with van der Waals surface area (Å²) in [5.74, 6) is 0.760. The molecule has 0 radical (unpaired) electrons. The number of hydrogen-bond acceptors (Lipinski definition) is 9. The van der Waals surface area contributed by atoms with Crippen molar-refractivity contribution in [3.8, 4) is 11.6 Å². The van der Waals surface area contributed by atoms with Gasteiger partial charge in [0, 0.05) is 12.5 Å². The molecule has 2 aliphatic carbocycles. The maximum absolute atomic E-state index is 14.2. The van der Waals surface area contributed by atoms with Gasteiger partial charge in [-0.05, 0) is 73.5 Å². The molecule has 0 spiro atoms. The number of amides is 1. The molecule has 4 aliphatic rings. The molecule has 2 saturated carbocycles. The largest absolute Gasteiger partial charge is 0.497 e. The first-order valence-electron chi connectivity index (χ1n) is 15.8. The van der Waals surface area contributed by atoms with Gasteiger partial charge in [-0.2, -0.15) is 0 Å². The summed E-state index contributed by atoms with van der Waals surface area (Å²) < 4.78 is 23.0. The number of methoxy groups -OCH3 is 2. The van der Waals surface area contributed by atoms with Crippen LogP contribution in [-0.4, -0.2) is 71.7 Å². The summed E-state index contributed by atoms with van der Waals surface area (Å²) in [5.41, 5.74) is 1.37. The molecule has 0 N–H and O–H groups in total. The third-order valence-electron chi connectivity index (χ3n) is 9.88. The Bertz CT molecular complexity index is 1470. The van der Waals surface area contributed by atoms with Crippen LogP contribution in [0.2, 0.25) is 0 Å². The number of aromatic nitrogens is 2. The fraction of sp³-hybridized carbons (Fsp3) is 0.618. The summed E-state index contributed by atoms with van der Waals surface area (Å²) in [6.07, 6.45) is 8.48. The van der Waals surface area contributed by atoms with Gasteiger partial charge in [0.15, 0.2) is 0 Å². The first-order valence-corrected chi connectivity index (χ1v) is 15.8. The van der Waals surface area contributed by atoms with Crippen molar-refractivity contribution < 1.29 is 33.3 Å². The zero-order valence-corrected chi connectivity index (χ0v) is 26.3. The third-order valence-corrected chi connectivity index (χ3v) is 9.88. The Kier molecular flexibility index (Phi) is 8.28. The minimum absolute atomic E-state index is 0.0400. The minimum atomic E-state index is -0.848. The number of rotatable bonds is 2. The minimum Gasteiger partial charge on any atom is -0.497 e. The highest BCUT2D eigenvalue weighted by Crippen LogP contribution is 2.57. The van der Waals surface area contributed by atoms with Crippen LogP contribution in [0.3, 0.4) is 0 Å². The molecule has 1 aromatic heterocycles. The predicted octanol–water partition coefficient (Wildman–Crippen LogP) is 4.98. The second-order valence-corrected chi connectivity index (χ2v) is 13.8. The maximum Gasteiger partial charge on any atom is 0.328 e. The monoisotopic (exact) mass is 605 g/mol. The lowest BCUT2D eigenvalue weighted by atomic mass is 9.77. The lowest BCUT2D eigenvalue weighted by Crippen LogP contribution is -2.48. The molecule has 44 heavy (non-hydrogen) atoms. The van der Waals surface area contributed by atoms with E-state index in [1.807, 2.05) is 39.0 Å². The standard InChI is InChI=1S/C34H43N3O7/c1-34(2,3)24-17-30(38)44-29-14-19-13-23(19)22(29)9-7-6-8-10-26-31(36-27-15-20(41-4)11-12-25(27)35-26)43-21-16-28(33(40)42-5)37(18-21)32(24)39/h8,10-12,15,19,21-24,28-29H,6-7,9,13-14,16-18H2,1-5H3/b10-8+/t19-,21+,22+,23-,24+,28-,29+/m0/s1. The molecule has 236 valence electrons. The summed E-state index contributed by atoms with van der Waals surface area (Å²) >= 11 is 0. The molecule has 10 nitrogen and oxygen atoms in total. The van der Waals surface area contributed by atoms with Crippen LogP contribution in [-0.2, 0) is 23.9 Å². The van der Waals surface area contributed by atoms with Crippen LogP contribution < -0.4 is 9.47 Å². The van der Waals surface area contributed by atoms with Gasteiger partial charge in [0.2, 0.25) is 11.8 Å². The molecule has 1 amide bonds. The average Bonchev–Trinajstić information content (AvgIpc) is 3.48. The smallest absolute Gasteiger partial charge is 0.328 e. The van der Waals surface area contributed by atoms with Crippen molar-refractivity contribution in [1.29, 1.82) is 0 Å². The van der Waals surface area contributed by atoms with E-state index in [1.54, 1.807) is 13.2 Å². The Morgan fingerprint density at radius 1 is 1.02 bits per heavy atom. The van der Waals surface area contributed by atoms with Gasteiger partial charge >= 0.3 is 11.9 Å². The number of carbonyl (C=O) groups is 3. The number of fused-ring (bicyclic) bond motifs is 7. The lowest BCUT2D eigenvalue weighted by Gasteiger charge is -2.34. The Hall–Kier alpha value is -3.69. The van der Waals surface area contributed by atoms with Gasteiger partial charge in [-0.1, -0.05) is 26.8 Å². The van der Waals surface area contributed by atoms with E-state index in [-0.39, 0.29) is 37.4 Å². The highest BCUT2D eigenvalue weighted by molar-refractivity contribution is 5.89. The lowest BCUT2D eigenvalue weighted by molar-refractivity contribution is -0.160. The summed E-state index contributed by atoms with van der Waals surface area (Å²) in [6.45, 7) is 5.97. The molecule has 3 heterocycles. The molecule has 0 unspecified atom stereocenters. The van der Waals surface area contributed by atoms with Crippen molar-refractivity contribution >= 4 is 35.0 Å². The van der Waals surface area contributed by atoms with E-state index in [1.165, 1.54) is 18.4 Å². The van der Waals surface area contributed by atoms with Crippen LogP contribution in [0.4, 0.5) is 0 Å². The van der Waals surface area contributed by atoms with Crippen molar-refractivity contribution in [3.63, 3.8) is 0 Å². The van der Waals surface area contributed by atoms with E-state index < -0.39 is 29.4 Å². The fourth-order valence-electron chi connectivity index (χ4n) is 7.36. The molecule has 2 aliphatic heterocycles. The second kappa shape index (κ2) is 12.0. The van der Waals surface area contributed by atoms with Gasteiger partial charge in [0.05, 0.1) is 44.1 Å². The molecule has 3 fully saturated rings. The molecular weight excluding hydrogens is 562 g/mol. The Morgan fingerprint density at radius 2 is 1.84 bits per heavy atom. The molecule has 6 rings (SSSR count). The topological polar surface area (TPSA) is 117 Å². The first kappa shape index (κ1) is 30.3. The van der Waals surface area contributed by atoms with Crippen LogP contribution in [0.15, 0.2) is 24.3 Å². The molecular formula is C34H43N3O7. The van der Waals surface area contributed by atoms with Gasteiger partial charge in [-0.3, -0.25) is 9.59 Å². The van der Waals surface area contributed by atoms with E-state index in [9.17, 15) is 14.4 Å². The number of ether oxygens (including phenoxy) is 4. The zero-order valence-electron chi connectivity index (χ0n) is 26.3. The van der Waals surface area contributed by atoms with Crippen LogP contribution in [0.25, 0.3) is 17.1 Å². The van der Waals surface area contributed by atoms with E-state index in [0.717, 1.165) is 25.7 Å². The van der Waals surface area contributed by atoms with Crippen LogP contribution >= 0.6 is 0 Å².